The molecule has 310 valence electrons. The van der Waals surface area contributed by atoms with E-state index in [-0.39, 0.29) is 6.71 Å². The number of ether oxygens (including phenoxy) is 2. The van der Waals surface area contributed by atoms with Crippen molar-refractivity contribution in [2.24, 2.45) is 0 Å². The summed E-state index contributed by atoms with van der Waals surface area (Å²) in [6.45, 7) is -0.218. The van der Waals surface area contributed by atoms with Crippen molar-refractivity contribution in [1.29, 1.82) is 0 Å². The number of anilines is 3. The molecule has 13 aromatic rings. The molecule has 13 heteroatoms. The van der Waals surface area contributed by atoms with Crippen LogP contribution < -0.4 is 30.8 Å². The smallest absolute Gasteiger partial charge is 0.266 e. The zero-order chi connectivity index (χ0) is 43.5. The summed E-state index contributed by atoms with van der Waals surface area (Å²) < 4.78 is 21.5. The molecule has 0 spiro atoms. The van der Waals surface area contributed by atoms with Crippen molar-refractivity contribution in [3.63, 3.8) is 0 Å². The molecule has 0 N–H and O–H groups in total. The van der Waals surface area contributed by atoms with Gasteiger partial charge in [-0.25, -0.2) is 0 Å². The third-order valence-corrected chi connectivity index (χ3v) is 14.0. The number of aromatic nitrogens is 9. The van der Waals surface area contributed by atoms with Gasteiger partial charge in [0, 0.05) is 153 Å². The number of rotatable bonds is 4. The topological polar surface area (TPSA) is 114 Å². The molecule has 0 aliphatic carbocycles. The van der Waals surface area contributed by atoms with Gasteiger partial charge in [-0.2, -0.15) is 0 Å². The molecule has 0 unspecified atom stereocenters. The molecule has 12 nitrogen and oxygen atoms in total. The minimum absolute atomic E-state index is 0.218. The molecule has 0 atom stereocenters. The molecule has 0 amide bonds. The van der Waals surface area contributed by atoms with Crippen molar-refractivity contribution >= 4 is 106 Å². The molecule has 16 rings (SSSR count). The number of pyridine rings is 6. The number of nitrogens with zero attached hydrogens (tertiary/aromatic N) is 10. The first-order valence-electron chi connectivity index (χ1n) is 22.1. The van der Waals surface area contributed by atoms with Crippen LogP contribution in [-0.2, 0) is 0 Å². The Labute approximate surface area is 379 Å². The molecule has 4 aromatic carbocycles. The van der Waals surface area contributed by atoms with Crippen LogP contribution >= 0.6 is 0 Å². The van der Waals surface area contributed by atoms with Gasteiger partial charge in [0.05, 0.1) is 50.2 Å². The average Bonchev–Trinajstić information content (AvgIpc) is 4.02. The Morgan fingerprint density at radius 2 is 0.642 bits per heavy atom. The van der Waals surface area contributed by atoms with Crippen LogP contribution in [0.5, 0.6) is 23.0 Å². The van der Waals surface area contributed by atoms with Crippen LogP contribution in [0, 0.1) is 0 Å². The second-order valence-corrected chi connectivity index (χ2v) is 17.3. The van der Waals surface area contributed by atoms with Crippen LogP contribution in [0.2, 0.25) is 0 Å². The molecule has 0 bridgehead atoms. The molecular weight excluding hydrogens is 831 g/mol. The van der Waals surface area contributed by atoms with Crippen molar-refractivity contribution in [2.45, 2.75) is 0 Å². The minimum atomic E-state index is -0.218. The molecule has 9 aromatic heterocycles. The van der Waals surface area contributed by atoms with Crippen LogP contribution in [0.15, 0.2) is 177 Å². The summed E-state index contributed by atoms with van der Waals surface area (Å²) in [6, 6.07) is 36.3. The Morgan fingerprint density at radius 3 is 0.985 bits per heavy atom. The lowest BCUT2D eigenvalue weighted by Gasteiger charge is -2.43. The van der Waals surface area contributed by atoms with E-state index in [2.05, 4.69) is 152 Å². The van der Waals surface area contributed by atoms with Gasteiger partial charge >= 0.3 is 0 Å². The van der Waals surface area contributed by atoms with Crippen LogP contribution in [0.1, 0.15) is 0 Å². The summed E-state index contributed by atoms with van der Waals surface area (Å²) >= 11 is 0. The second-order valence-electron chi connectivity index (χ2n) is 17.3. The standard InChI is InChI=1S/C54H29BN10O2/c1-2-4-30(5-3-1)62-46-18-31(63-40-6-12-56-24-34(40)35-25-57-13-7-41(35)63)20-48-52(46)55-53-47(62)19-32(64-42-8-14-58-26-36(42)37-27-59-15-9-43(37)64)21-49(53)67-51-23-33(22-50(66-48)54(51)55)65-44-10-16-60-28-38(44)39-29-61-17-11-45(39)65/h1-29H. The summed E-state index contributed by atoms with van der Waals surface area (Å²) in [5, 5.41) is 6.12. The lowest BCUT2D eigenvalue weighted by Crippen LogP contribution is -2.61. The van der Waals surface area contributed by atoms with E-state index in [0.29, 0.717) is 0 Å². The molecule has 3 aliphatic rings. The fourth-order valence-electron chi connectivity index (χ4n) is 11.4. The Kier molecular flexibility index (Phi) is 6.63. The zero-order valence-corrected chi connectivity index (χ0v) is 35.1. The highest BCUT2D eigenvalue weighted by molar-refractivity contribution is 7.00. The summed E-state index contributed by atoms with van der Waals surface area (Å²) in [4.78, 5) is 29.5. The van der Waals surface area contributed by atoms with E-state index in [0.717, 1.165) is 139 Å². The van der Waals surface area contributed by atoms with E-state index in [1.54, 1.807) is 0 Å². The third kappa shape index (κ3) is 4.56. The highest BCUT2D eigenvalue weighted by Gasteiger charge is 2.48. The minimum Gasteiger partial charge on any atom is -0.458 e. The van der Waals surface area contributed by atoms with Crippen LogP contribution in [0.3, 0.4) is 0 Å². The molecule has 67 heavy (non-hydrogen) atoms. The highest BCUT2D eigenvalue weighted by Crippen LogP contribution is 2.49. The van der Waals surface area contributed by atoms with Crippen LogP contribution in [0.4, 0.5) is 17.1 Å². The van der Waals surface area contributed by atoms with Gasteiger partial charge in [-0.15, -0.1) is 0 Å². The van der Waals surface area contributed by atoms with Gasteiger partial charge in [-0.3, -0.25) is 29.9 Å². The normalized spacial score (nSPS) is 13.3. The maximum absolute atomic E-state index is 7.34. The Bertz CT molecular complexity index is 3980. The van der Waals surface area contributed by atoms with E-state index < -0.39 is 0 Å². The van der Waals surface area contributed by atoms with Crippen molar-refractivity contribution < 1.29 is 9.47 Å². The number of para-hydroxylation sites is 1. The van der Waals surface area contributed by atoms with Gasteiger partial charge in [0.1, 0.15) is 23.0 Å². The SMILES string of the molecule is c1ccc(N2c3cc(-n4c5ccncc5c5cnccc54)cc4c3B3c5c(cc(-n6c7ccncc7c7cnccc76)cc5Oc5cc(-n6c7ccncc7c7cnccc76)cc2c53)O4)cc1. The monoisotopic (exact) mass is 860 g/mol. The summed E-state index contributed by atoms with van der Waals surface area (Å²) in [5.41, 5.74) is 15.1. The predicted molar refractivity (Wildman–Crippen MR) is 262 cm³/mol. The summed E-state index contributed by atoms with van der Waals surface area (Å²) in [5.74, 6) is 3.01. The number of hydrogen-bond donors (Lipinski definition) is 0. The second kappa shape index (κ2) is 12.7. The summed E-state index contributed by atoms with van der Waals surface area (Å²) in [6.07, 6.45) is 22.6. The summed E-state index contributed by atoms with van der Waals surface area (Å²) in [7, 11) is 0. The van der Waals surface area contributed by atoms with Crippen molar-refractivity contribution in [2.75, 3.05) is 4.90 Å². The number of benzene rings is 4. The lowest BCUT2D eigenvalue weighted by molar-refractivity contribution is 0.464. The highest BCUT2D eigenvalue weighted by atomic mass is 16.5. The van der Waals surface area contributed by atoms with E-state index in [9.17, 15) is 0 Å². The molecule has 0 saturated heterocycles. The lowest BCUT2D eigenvalue weighted by atomic mass is 9.33. The van der Waals surface area contributed by atoms with E-state index in [1.165, 1.54) is 0 Å². The van der Waals surface area contributed by atoms with Crippen molar-refractivity contribution in [3.05, 3.63) is 177 Å². The van der Waals surface area contributed by atoms with Crippen molar-refractivity contribution in [3.8, 4) is 40.1 Å². The van der Waals surface area contributed by atoms with Crippen LogP contribution in [0.25, 0.3) is 82.5 Å². The van der Waals surface area contributed by atoms with Gasteiger partial charge < -0.3 is 28.1 Å². The fraction of sp³-hybridized carbons (Fsp3) is 0. The number of fused-ring (bicyclic) bond motifs is 9. The maximum atomic E-state index is 7.34. The fourth-order valence-corrected chi connectivity index (χ4v) is 11.4. The predicted octanol–water partition coefficient (Wildman–Crippen LogP) is 9.86. The van der Waals surface area contributed by atoms with E-state index >= 15 is 0 Å². The van der Waals surface area contributed by atoms with Gasteiger partial charge in [0.25, 0.3) is 6.71 Å². The van der Waals surface area contributed by atoms with Crippen LogP contribution in [-0.4, -0.2) is 50.3 Å². The molecule has 0 fully saturated rings. The van der Waals surface area contributed by atoms with Crippen molar-refractivity contribution in [1.82, 2.24) is 43.6 Å². The number of hydrogen-bond acceptors (Lipinski definition) is 9. The maximum Gasteiger partial charge on any atom is 0.266 e. The van der Waals surface area contributed by atoms with Gasteiger partial charge in [0.2, 0.25) is 0 Å². The van der Waals surface area contributed by atoms with E-state index in [1.807, 2.05) is 74.4 Å². The van der Waals surface area contributed by atoms with Gasteiger partial charge in [0.15, 0.2) is 0 Å². The first-order valence-corrected chi connectivity index (χ1v) is 22.1. The first kappa shape index (κ1) is 35.0. The average molecular weight is 861 g/mol. The molecule has 3 aliphatic heterocycles. The largest absolute Gasteiger partial charge is 0.458 e. The van der Waals surface area contributed by atoms with Gasteiger partial charge in [-0.05, 0) is 71.6 Å². The molecular formula is C54H29BN10O2. The zero-order valence-electron chi connectivity index (χ0n) is 35.1. The Morgan fingerprint density at radius 1 is 0.328 bits per heavy atom. The van der Waals surface area contributed by atoms with Gasteiger partial charge in [-0.1, -0.05) is 18.2 Å². The van der Waals surface area contributed by atoms with E-state index in [4.69, 9.17) is 9.47 Å². The third-order valence-electron chi connectivity index (χ3n) is 14.0. The Hall–Kier alpha value is -9.36. The molecule has 12 heterocycles. The first-order chi connectivity index (χ1) is 33.2. The Balaban J connectivity index is 1.03. The molecule has 0 radical (unpaired) electrons. The quantitative estimate of drug-likeness (QED) is 0.160. The molecule has 0 saturated carbocycles.